The highest BCUT2D eigenvalue weighted by Crippen LogP contribution is 2.00. The Morgan fingerprint density at radius 1 is 1.50 bits per heavy atom. The van der Waals surface area contributed by atoms with E-state index in [1.54, 1.807) is 0 Å². The molecule has 0 saturated heterocycles. The minimum Gasteiger partial charge on any atom is -0.480 e. The summed E-state index contributed by atoms with van der Waals surface area (Å²) in [5, 5.41) is 14.0. The van der Waals surface area contributed by atoms with E-state index in [-0.39, 0.29) is 0 Å². The second-order valence-electron chi connectivity index (χ2n) is 3.69. The standard InChI is InChI=1S/C12H20N2O3S/c1-3-5-6-10(11(15)16)14-12(17)13-7-9-18-8-4-2/h2,10H,3,5-9H2,1H3,(H,15,16)(H2,13,14,17). The molecule has 0 heterocycles. The number of carbonyl (C=O) groups is 2. The van der Waals surface area contributed by atoms with Crippen molar-refractivity contribution < 1.29 is 14.7 Å². The molecule has 0 aliphatic heterocycles. The van der Waals surface area contributed by atoms with Crippen LogP contribution in [0.15, 0.2) is 0 Å². The number of rotatable bonds is 9. The summed E-state index contributed by atoms with van der Waals surface area (Å²) >= 11 is 1.54. The van der Waals surface area contributed by atoms with Gasteiger partial charge >= 0.3 is 12.0 Å². The molecule has 0 rings (SSSR count). The summed E-state index contributed by atoms with van der Waals surface area (Å²) in [7, 11) is 0. The Kier molecular flexibility index (Phi) is 9.97. The maximum absolute atomic E-state index is 11.4. The molecule has 0 aliphatic carbocycles. The minimum atomic E-state index is -1.000. The number of thioether (sulfide) groups is 1. The second kappa shape index (κ2) is 10.8. The monoisotopic (exact) mass is 272 g/mol. The van der Waals surface area contributed by atoms with Crippen LogP contribution in [0.2, 0.25) is 0 Å². The summed E-state index contributed by atoms with van der Waals surface area (Å²) in [5.41, 5.74) is 0. The van der Waals surface area contributed by atoms with Crippen molar-refractivity contribution in [1.82, 2.24) is 10.6 Å². The molecule has 5 nitrogen and oxygen atoms in total. The van der Waals surface area contributed by atoms with Crippen LogP contribution in [0.1, 0.15) is 26.2 Å². The van der Waals surface area contributed by atoms with Crippen LogP contribution in [-0.2, 0) is 4.79 Å². The number of unbranched alkanes of at least 4 members (excludes halogenated alkanes) is 1. The lowest BCUT2D eigenvalue weighted by atomic mass is 10.1. The van der Waals surface area contributed by atoms with Crippen LogP contribution in [-0.4, -0.2) is 41.2 Å². The van der Waals surface area contributed by atoms with E-state index in [0.29, 0.717) is 24.5 Å². The van der Waals surface area contributed by atoms with Gasteiger partial charge in [0, 0.05) is 12.3 Å². The summed E-state index contributed by atoms with van der Waals surface area (Å²) in [4.78, 5) is 22.3. The van der Waals surface area contributed by atoms with E-state index >= 15 is 0 Å². The molecule has 0 aromatic heterocycles. The number of hydrogen-bond donors (Lipinski definition) is 3. The van der Waals surface area contributed by atoms with Crippen molar-refractivity contribution >= 4 is 23.8 Å². The average molecular weight is 272 g/mol. The van der Waals surface area contributed by atoms with Gasteiger partial charge in [0.05, 0.1) is 5.75 Å². The Morgan fingerprint density at radius 3 is 2.78 bits per heavy atom. The molecule has 0 saturated carbocycles. The van der Waals surface area contributed by atoms with Crippen LogP contribution in [0.3, 0.4) is 0 Å². The number of hydrogen-bond acceptors (Lipinski definition) is 3. The van der Waals surface area contributed by atoms with Crippen LogP contribution >= 0.6 is 11.8 Å². The second-order valence-corrected chi connectivity index (χ2v) is 4.80. The Balaban J connectivity index is 3.81. The predicted octanol–water partition coefficient (Wildman–Crippen LogP) is 1.30. The molecular weight excluding hydrogens is 252 g/mol. The lowest BCUT2D eigenvalue weighted by molar-refractivity contribution is -0.139. The minimum absolute atomic E-state index is 0.445. The highest BCUT2D eigenvalue weighted by Gasteiger charge is 2.18. The molecule has 0 radical (unpaired) electrons. The number of carboxylic acids is 1. The number of terminal acetylenes is 1. The molecule has 1 atom stereocenters. The summed E-state index contributed by atoms with van der Waals surface area (Å²) in [6.07, 6.45) is 7.20. The highest BCUT2D eigenvalue weighted by atomic mass is 32.2. The van der Waals surface area contributed by atoms with Crippen LogP contribution in [0.25, 0.3) is 0 Å². The first-order valence-electron chi connectivity index (χ1n) is 5.90. The molecule has 0 bridgehead atoms. The molecule has 0 aliphatic rings. The molecule has 102 valence electrons. The molecular formula is C12H20N2O3S. The van der Waals surface area contributed by atoms with Crippen LogP contribution in [0, 0.1) is 12.3 Å². The van der Waals surface area contributed by atoms with E-state index in [1.807, 2.05) is 6.92 Å². The van der Waals surface area contributed by atoms with Gasteiger partial charge < -0.3 is 15.7 Å². The molecule has 0 aromatic carbocycles. The lowest BCUT2D eigenvalue weighted by Crippen LogP contribution is -2.46. The molecule has 0 fully saturated rings. The van der Waals surface area contributed by atoms with E-state index in [9.17, 15) is 9.59 Å². The fraction of sp³-hybridized carbons (Fsp3) is 0.667. The average Bonchev–Trinajstić information content (AvgIpc) is 2.33. The van der Waals surface area contributed by atoms with Crippen LogP contribution < -0.4 is 10.6 Å². The van der Waals surface area contributed by atoms with E-state index < -0.39 is 18.0 Å². The fourth-order valence-corrected chi connectivity index (χ4v) is 1.75. The van der Waals surface area contributed by atoms with E-state index in [0.717, 1.165) is 12.8 Å². The van der Waals surface area contributed by atoms with Gasteiger partial charge in [-0.3, -0.25) is 0 Å². The number of urea groups is 1. The summed E-state index contributed by atoms with van der Waals surface area (Å²) in [6, 6.07) is -1.26. The van der Waals surface area contributed by atoms with Gasteiger partial charge in [-0.15, -0.1) is 18.2 Å². The third-order valence-electron chi connectivity index (χ3n) is 2.17. The van der Waals surface area contributed by atoms with Crippen molar-refractivity contribution in [2.24, 2.45) is 0 Å². The Morgan fingerprint density at radius 2 is 2.22 bits per heavy atom. The number of carboxylic acid groups (broad SMARTS) is 1. The van der Waals surface area contributed by atoms with E-state index in [2.05, 4.69) is 16.6 Å². The van der Waals surface area contributed by atoms with Gasteiger partial charge in [-0.1, -0.05) is 25.7 Å². The lowest BCUT2D eigenvalue weighted by Gasteiger charge is -2.14. The molecule has 1 unspecified atom stereocenters. The molecule has 18 heavy (non-hydrogen) atoms. The zero-order valence-corrected chi connectivity index (χ0v) is 11.4. The van der Waals surface area contributed by atoms with Gasteiger partial charge in [-0.05, 0) is 6.42 Å². The van der Waals surface area contributed by atoms with Crippen LogP contribution in [0.4, 0.5) is 4.79 Å². The normalized spacial score (nSPS) is 11.3. The van der Waals surface area contributed by atoms with Crippen molar-refractivity contribution in [3.63, 3.8) is 0 Å². The predicted molar refractivity (Wildman–Crippen MR) is 73.6 cm³/mol. The number of carbonyl (C=O) groups excluding carboxylic acids is 1. The van der Waals surface area contributed by atoms with Gasteiger partial charge in [0.2, 0.25) is 0 Å². The fourth-order valence-electron chi connectivity index (χ4n) is 1.24. The van der Waals surface area contributed by atoms with Crippen LogP contribution in [0.5, 0.6) is 0 Å². The van der Waals surface area contributed by atoms with Gasteiger partial charge in [0.1, 0.15) is 6.04 Å². The van der Waals surface area contributed by atoms with Gasteiger partial charge in [-0.2, -0.15) is 0 Å². The summed E-state index contributed by atoms with van der Waals surface area (Å²) < 4.78 is 0. The first-order chi connectivity index (χ1) is 8.61. The Bertz CT molecular complexity index is 302. The van der Waals surface area contributed by atoms with Crippen molar-refractivity contribution in [2.45, 2.75) is 32.2 Å². The third kappa shape index (κ3) is 8.76. The van der Waals surface area contributed by atoms with Gasteiger partial charge in [-0.25, -0.2) is 9.59 Å². The molecule has 0 spiro atoms. The first-order valence-corrected chi connectivity index (χ1v) is 7.05. The van der Waals surface area contributed by atoms with Crippen molar-refractivity contribution in [3.05, 3.63) is 0 Å². The highest BCUT2D eigenvalue weighted by molar-refractivity contribution is 7.99. The molecule has 3 N–H and O–H groups in total. The van der Waals surface area contributed by atoms with Crippen molar-refractivity contribution in [1.29, 1.82) is 0 Å². The maximum Gasteiger partial charge on any atom is 0.326 e. The van der Waals surface area contributed by atoms with E-state index in [4.69, 9.17) is 11.5 Å². The maximum atomic E-state index is 11.4. The molecule has 6 heteroatoms. The number of aliphatic carboxylic acids is 1. The summed E-state index contributed by atoms with van der Waals surface area (Å²) in [6.45, 7) is 2.44. The quantitative estimate of drug-likeness (QED) is 0.436. The zero-order valence-electron chi connectivity index (χ0n) is 10.6. The van der Waals surface area contributed by atoms with Gasteiger partial charge in [0.15, 0.2) is 0 Å². The molecule has 0 aromatic rings. The van der Waals surface area contributed by atoms with Crippen molar-refractivity contribution in [2.75, 3.05) is 18.1 Å². The Hall–Kier alpha value is -1.35. The van der Waals surface area contributed by atoms with Crippen molar-refractivity contribution in [3.8, 4) is 12.3 Å². The smallest absolute Gasteiger partial charge is 0.326 e. The summed E-state index contributed by atoms with van der Waals surface area (Å²) in [5.74, 6) is 2.80. The number of nitrogens with one attached hydrogen (secondary N) is 2. The third-order valence-corrected chi connectivity index (χ3v) is 3.03. The SMILES string of the molecule is C#CCSCCNC(=O)NC(CCCC)C(=O)O. The first kappa shape index (κ1) is 16.6. The Labute approximate surface area is 112 Å². The van der Waals surface area contributed by atoms with Gasteiger partial charge in [0.25, 0.3) is 0 Å². The number of amides is 2. The largest absolute Gasteiger partial charge is 0.480 e. The molecule has 2 amide bonds. The topological polar surface area (TPSA) is 78.4 Å². The van der Waals surface area contributed by atoms with E-state index in [1.165, 1.54) is 11.8 Å². The zero-order chi connectivity index (χ0) is 13.8.